The van der Waals surface area contributed by atoms with Crippen LogP contribution in [0, 0.1) is 0 Å². The molecule has 5 heteroatoms. The Morgan fingerprint density at radius 3 is 2.00 bits per heavy atom. The van der Waals surface area contributed by atoms with Crippen molar-refractivity contribution in [1.29, 1.82) is 0 Å². The maximum absolute atomic E-state index is 10.5. The average Bonchev–Trinajstić information content (AvgIpc) is 1.86. The fraction of sp³-hybridized carbons (Fsp3) is 0. The third-order valence-corrected chi connectivity index (χ3v) is 3.32. The normalized spacial score (nSPS) is 11.5. The zero-order valence-electron chi connectivity index (χ0n) is 5.48. The van der Waals surface area contributed by atoms with Crippen LogP contribution in [0.2, 0.25) is 0 Å². The Morgan fingerprint density at radius 1 is 1.18 bits per heavy atom. The molecular formula is C6H5O3PbS. The molecule has 3 nitrogen and oxygen atoms in total. The predicted molar refractivity (Wildman–Crippen MR) is 41.6 cm³/mol. The van der Waals surface area contributed by atoms with E-state index >= 15 is 0 Å². The molecule has 1 rings (SSSR count). The Bertz CT molecular complexity index is 341. The molecule has 0 saturated heterocycles. The van der Waals surface area contributed by atoms with Gasteiger partial charge in [-0.3, -0.25) is 0 Å². The van der Waals surface area contributed by atoms with Gasteiger partial charge in [0.1, 0.15) is 0 Å². The Labute approximate surface area is 80.9 Å². The van der Waals surface area contributed by atoms with E-state index in [4.69, 9.17) is 4.55 Å². The molecule has 0 bridgehead atoms. The van der Waals surface area contributed by atoms with Gasteiger partial charge in [-0.05, 0) is 0 Å². The van der Waals surface area contributed by atoms with Crippen molar-refractivity contribution in [2.45, 2.75) is 4.90 Å². The summed E-state index contributed by atoms with van der Waals surface area (Å²) in [6.07, 6.45) is 0. The molecule has 0 aliphatic heterocycles. The van der Waals surface area contributed by atoms with Crippen LogP contribution in [0.25, 0.3) is 0 Å². The van der Waals surface area contributed by atoms with Gasteiger partial charge in [0.05, 0.1) is 0 Å². The molecule has 57 valence electrons. The van der Waals surface area contributed by atoms with Gasteiger partial charge in [-0.2, -0.15) is 0 Å². The Morgan fingerprint density at radius 2 is 1.64 bits per heavy atom. The topological polar surface area (TPSA) is 54.4 Å². The van der Waals surface area contributed by atoms with Gasteiger partial charge in [0, 0.05) is 0 Å². The molecule has 0 fully saturated rings. The monoisotopic (exact) mass is 365 g/mol. The zero-order valence-corrected chi connectivity index (χ0v) is 10.2. The van der Waals surface area contributed by atoms with Crippen LogP contribution in [0.5, 0.6) is 0 Å². The van der Waals surface area contributed by atoms with Crippen LogP contribution in [0.4, 0.5) is 0 Å². The first-order valence-corrected chi connectivity index (χ1v) is 6.18. The summed E-state index contributed by atoms with van der Waals surface area (Å²) in [5, 5.41) is 0. The standard InChI is InChI=1S/C6H5O3S.Pb/c7-10(8,9)6-4-2-1-3-5-6;/h2-5H,(H,7,8,9);. The van der Waals surface area contributed by atoms with Crippen LogP contribution in [0.3, 0.4) is 0 Å². The van der Waals surface area contributed by atoms with Gasteiger partial charge in [0.15, 0.2) is 0 Å². The summed E-state index contributed by atoms with van der Waals surface area (Å²) in [7, 11) is -4.00. The SMILES string of the molecule is O=S(=O)(O)c1cc[c]([Pb])cc1. The van der Waals surface area contributed by atoms with E-state index in [0.29, 0.717) is 0 Å². The molecule has 0 amide bonds. The Kier molecular flexibility index (Phi) is 2.66. The van der Waals surface area contributed by atoms with E-state index in [-0.39, 0.29) is 4.90 Å². The van der Waals surface area contributed by atoms with Crippen LogP contribution in [-0.4, -0.2) is 38.7 Å². The van der Waals surface area contributed by atoms with Gasteiger partial charge in [0.2, 0.25) is 0 Å². The second-order valence-electron chi connectivity index (χ2n) is 2.00. The van der Waals surface area contributed by atoms with Crippen LogP contribution in [0.1, 0.15) is 0 Å². The van der Waals surface area contributed by atoms with Crippen molar-refractivity contribution in [3.63, 3.8) is 0 Å². The second-order valence-corrected chi connectivity index (χ2v) is 5.67. The number of hydrogen-bond donors (Lipinski definition) is 1. The van der Waals surface area contributed by atoms with E-state index in [1.165, 1.54) is 12.1 Å². The summed E-state index contributed by atoms with van der Waals surface area (Å²) in [5.74, 6) is 0. The maximum atomic E-state index is 10.5. The average molecular weight is 364 g/mol. The zero-order chi connectivity index (χ0) is 8.48. The molecule has 11 heavy (non-hydrogen) atoms. The molecule has 0 aromatic heterocycles. The van der Waals surface area contributed by atoms with Crippen molar-refractivity contribution >= 4 is 39.0 Å². The van der Waals surface area contributed by atoms with E-state index in [9.17, 15) is 8.42 Å². The fourth-order valence-corrected chi connectivity index (χ4v) is 1.75. The summed E-state index contributed by atoms with van der Waals surface area (Å²) in [5.41, 5.74) is 0. The van der Waals surface area contributed by atoms with Gasteiger partial charge in [-0.15, -0.1) is 0 Å². The number of hydrogen-bond acceptors (Lipinski definition) is 2. The van der Waals surface area contributed by atoms with Crippen molar-refractivity contribution in [1.82, 2.24) is 0 Å². The summed E-state index contributed by atoms with van der Waals surface area (Å²) < 4.78 is 30.7. The molecule has 0 saturated carbocycles. The summed E-state index contributed by atoms with van der Waals surface area (Å²) in [4.78, 5) is -0.0444. The van der Waals surface area contributed by atoms with Crippen molar-refractivity contribution < 1.29 is 13.0 Å². The molecular weight excluding hydrogens is 359 g/mol. The fourth-order valence-electron chi connectivity index (χ4n) is 0.627. The van der Waals surface area contributed by atoms with Crippen LogP contribution >= 0.6 is 0 Å². The molecule has 0 atom stereocenters. The van der Waals surface area contributed by atoms with Gasteiger partial charge in [-0.1, -0.05) is 0 Å². The first-order chi connectivity index (χ1) is 5.00. The van der Waals surface area contributed by atoms with Gasteiger partial charge in [-0.25, -0.2) is 0 Å². The molecule has 1 N–H and O–H groups in total. The Balaban J connectivity index is 3.20. The summed E-state index contributed by atoms with van der Waals surface area (Å²) in [6, 6.07) is 6.18. The van der Waals surface area contributed by atoms with Crippen LogP contribution in [-0.2, 0) is 10.1 Å². The van der Waals surface area contributed by atoms with E-state index in [0.717, 1.165) is 28.9 Å². The van der Waals surface area contributed by atoms with Crippen molar-refractivity contribution in [3.05, 3.63) is 24.3 Å². The second kappa shape index (κ2) is 3.20. The van der Waals surface area contributed by atoms with Gasteiger partial charge < -0.3 is 0 Å². The summed E-state index contributed by atoms with van der Waals surface area (Å²) >= 11 is 0.882. The molecule has 0 spiro atoms. The van der Waals surface area contributed by atoms with Crippen molar-refractivity contribution in [2.24, 2.45) is 0 Å². The predicted octanol–water partition coefficient (Wildman–Crippen LogP) is -0.273. The third-order valence-electron chi connectivity index (χ3n) is 1.15. The van der Waals surface area contributed by atoms with E-state index in [1.807, 2.05) is 0 Å². The van der Waals surface area contributed by atoms with E-state index in [2.05, 4.69) is 0 Å². The minimum absolute atomic E-state index is 0.0444. The molecule has 1 aromatic rings. The molecule has 0 aliphatic rings. The molecule has 1 aromatic carbocycles. The van der Waals surface area contributed by atoms with E-state index < -0.39 is 10.1 Å². The molecule has 3 radical (unpaired) electrons. The van der Waals surface area contributed by atoms with Crippen molar-refractivity contribution in [2.75, 3.05) is 0 Å². The third kappa shape index (κ3) is 2.53. The van der Waals surface area contributed by atoms with Crippen LogP contribution in [0.15, 0.2) is 29.2 Å². The number of rotatable bonds is 1. The van der Waals surface area contributed by atoms with Gasteiger partial charge in [0.25, 0.3) is 0 Å². The van der Waals surface area contributed by atoms with E-state index in [1.54, 1.807) is 12.1 Å². The quantitative estimate of drug-likeness (QED) is 0.551. The molecule has 0 unspecified atom stereocenters. The minimum atomic E-state index is -4.00. The summed E-state index contributed by atoms with van der Waals surface area (Å²) in [6.45, 7) is 0. The first kappa shape index (κ1) is 9.14. The first-order valence-electron chi connectivity index (χ1n) is 2.79. The number of benzene rings is 1. The molecule has 0 aliphatic carbocycles. The van der Waals surface area contributed by atoms with Gasteiger partial charge >= 0.3 is 81.1 Å². The Hall–Kier alpha value is 0.0521. The van der Waals surface area contributed by atoms with Crippen LogP contribution < -0.4 is 3.12 Å². The van der Waals surface area contributed by atoms with Crippen molar-refractivity contribution in [3.8, 4) is 0 Å². The molecule has 0 heterocycles.